The number of nitrogen functional groups attached to an aromatic ring is 2. The van der Waals surface area contributed by atoms with Gasteiger partial charge in [-0.25, -0.2) is 23.2 Å². The topological polar surface area (TPSA) is 544 Å². The number of phosphoric acid groups is 4. The molecule has 9 rings (SSSR count). The number of aliphatic hydroxyl groups excluding tert-OH is 3. The smallest absolute Gasteiger partial charge is 0.313 e. The summed E-state index contributed by atoms with van der Waals surface area (Å²) in [5, 5.41) is 32.9. The molecular weight excluding hydrogens is 1150 g/mol. The number of anilines is 2. The molecule has 7 unspecified atom stereocenters. The molecule has 10 N–H and O–H groups in total. The van der Waals surface area contributed by atoms with E-state index in [9.17, 15) is 67.5 Å². The minimum Gasteiger partial charge on any atom is -0.756 e. The Hall–Kier alpha value is -5.08. The van der Waals surface area contributed by atoms with Crippen LogP contribution >= 0.6 is 31.3 Å². The second kappa shape index (κ2) is 22.0. The quantitative estimate of drug-likeness (QED) is 0.0247. The van der Waals surface area contributed by atoms with Crippen molar-refractivity contribution in [1.29, 1.82) is 0 Å². The average molecular weight is 1200 g/mol. The summed E-state index contributed by atoms with van der Waals surface area (Å²) in [5.41, 5.74) is 9.27. The molecule has 16 atom stereocenters. The Morgan fingerprint density at radius 3 is 1.95 bits per heavy atom. The van der Waals surface area contributed by atoms with E-state index >= 15 is 0 Å². The van der Waals surface area contributed by atoms with Crippen LogP contribution in [0.4, 0.5) is 11.9 Å². The summed E-state index contributed by atoms with van der Waals surface area (Å²) in [6.07, 6.45) is -17.1. The van der Waals surface area contributed by atoms with Crippen LogP contribution in [0.2, 0.25) is 0 Å². The first-order valence-corrected chi connectivity index (χ1v) is 28.8. The Balaban J connectivity index is 0.887. The molecule has 0 saturated carbocycles. The molecule has 38 nitrogen and oxygen atoms in total. The molecule has 0 aromatic carbocycles. The van der Waals surface area contributed by atoms with Crippen molar-refractivity contribution < 1.29 is 108 Å². The number of methoxy groups -OCH3 is 1. The largest absolute Gasteiger partial charge is 0.756 e. The van der Waals surface area contributed by atoms with Crippen molar-refractivity contribution in [3.8, 4) is 0 Å². The molecule has 0 radical (unpaired) electrons. The second-order valence-electron chi connectivity index (χ2n) is 18.1. The highest BCUT2D eigenvalue weighted by Crippen LogP contribution is 2.63. The van der Waals surface area contributed by atoms with Crippen molar-refractivity contribution in [3.05, 3.63) is 61.8 Å². The van der Waals surface area contributed by atoms with Gasteiger partial charge in [-0.2, -0.15) is 4.98 Å². The molecule has 3 fully saturated rings. The molecule has 3 aliphatic rings. The standard InChI is InChI=1S/C37H51N13O25P4/c1-13(2)69-25-17(71-34(24(25)53)48-10-40-19-15(48)6-14(3)42-30(19)54)8-66-76(57,58)73-26-18(72-35(27(26)65-5)49-11-41-20-28(49)43-36(38)45-31(20)55)9-68-78(61,62)75-79(63,64)74-77(59,60)67-7-16-22(51)23(52)33(70-16)50-12-47(4)21-29(50)44-37(39)46-32(21)56/h6,10-13,16-18,22-27,33-35,51-53H,7-9H2,1-5H3,(H10-,38,39,42,43,44,45,46,54,55,56,57,58,59,60,61,62,63,64)/p-3/t16-,17-,18-,22+,23?,24+,25?,26?,27+,33-,34-,35-/m1/s1. The summed E-state index contributed by atoms with van der Waals surface area (Å²) in [7, 11) is -22.5. The van der Waals surface area contributed by atoms with Crippen LogP contribution in [0, 0.1) is 6.92 Å². The summed E-state index contributed by atoms with van der Waals surface area (Å²) in [4.78, 5) is 113. The zero-order valence-electron chi connectivity index (χ0n) is 41.3. The number of H-pyrrole nitrogens is 3. The van der Waals surface area contributed by atoms with Gasteiger partial charge in [-0.1, -0.05) is 4.98 Å². The molecule has 9 heterocycles. The van der Waals surface area contributed by atoms with E-state index in [0.717, 1.165) is 22.6 Å². The van der Waals surface area contributed by atoms with Crippen LogP contribution in [0.1, 0.15) is 38.2 Å². The van der Waals surface area contributed by atoms with Gasteiger partial charge in [0.2, 0.25) is 17.7 Å². The van der Waals surface area contributed by atoms with Crippen molar-refractivity contribution in [2.75, 3.05) is 38.4 Å². The van der Waals surface area contributed by atoms with Gasteiger partial charge in [0.25, 0.3) is 53.9 Å². The molecule has 3 saturated heterocycles. The normalized spacial score (nSPS) is 29.6. The number of rotatable bonds is 21. The maximum Gasteiger partial charge on any atom is 0.313 e. The molecule has 0 aliphatic carbocycles. The van der Waals surface area contributed by atoms with Gasteiger partial charge in [-0.3, -0.25) is 51.7 Å². The molecule has 0 amide bonds. The van der Waals surface area contributed by atoms with E-state index in [1.165, 1.54) is 28.8 Å². The number of aliphatic hydroxyl groups is 3. The number of fused-ring (bicyclic) bond motifs is 3. The maximum absolute atomic E-state index is 13.8. The lowest BCUT2D eigenvalue weighted by Gasteiger charge is -2.35. The molecule has 79 heavy (non-hydrogen) atoms. The number of phosphoric ester groups is 3. The Bertz CT molecular complexity index is 3660. The zero-order valence-corrected chi connectivity index (χ0v) is 44.9. The number of nitrogens with zero attached hydrogens (tertiary/aromatic N) is 8. The van der Waals surface area contributed by atoms with E-state index in [2.05, 4.69) is 48.0 Å². The number of aromatic nitrogens is 11. The van der Waals surface area contributed by atoms with Crippen molar-refractivity contribution in [1.82, 2.24) is 48.6 Å². The van der Waals surface area contributed by atoms with E-state index < -0.39 is 153 Å². The molecule has 6 aromatic heterocycles. The highest BCUT2D eigenvalue weighted by Gasteiger charge is 2.52. The fourth-order valence-corrected chi connectivity index (χ4v) is 13.4. The molecule has 6 aromatic rings. The van der Waals surface area contributed by atoms with Crippen LogP contribution in [0.25, 0.3) is 33.4 Å². The Kier molecular flexibility index (Phi) is 16.3. The molecular formula is C37H48N13O25P4-3. The number of ether oxygens (including phenoxy) is 5. The lowest BCUT2D eigenvalue weighted by atomic mass is 10.1. The summed E-state index contributed by atoms with van der Waals surface area (Å²) < 4.78 is 114. The van der Waals surface area contributed by atoms with Gasteiger partial charge in [0.05, 0.1) is 51.1 Å². The number of aromatic amines is 3. The Morgan fingerprint density at radius 1 is 0.722 bits per heavy atom. The van der Waals surface area contributed by atoms with Crippen LogP contribution in [0.5, 0.6) is 0 Å². The van der Waals surface area contributed by atoms with E-state index in [1.54, 1.807) is 26.8 Å². The summed E-state index contributed by atoms with van der Waals surface area (Å²) >= 11 is 0. The number of aryl methyl sites for hydroxylation is 2. The number of imidazole rings is 3. The predicted octanol–water partition coefficient (Wildman–Crippen LogP) is -5.18. The van der Waals surface area contributed by atoms with Crippen molar-refractivity contribution in [2.24, 2.45) is 7.05 Å². The molecule has 42 heteroatoms. The van der Waals surface area contributed by atoms with Crippen LogP contribution in [0.15, 0.2) is 39.4 Å². The van der Waals surface area contributed by atoms with E-state index in [-0.39, 0.29) is 39.3 Å². The van der Waals surface area contributed by atoms with Gasteiger partial charge in [-0.15, -0.1) is 0 Å². The minimum absolute atomic E-state index is 0.00201. The molecule has 3 aliphatic heterocycles. The van der Waals surface area contributed by atoms with Gasteiger partial charge in [0.1, 0.15) is 54.9 Å². The third-order valence-corrected chi connectivity index (χ3v) is 17.3. The molecule has 0 spiro atoms. The molecule has 434 valence electrons. The van der Waals surface area contributed by atoms with Crippen LogP contribution < -0.4 is 52.3 Å². The lowest BCUT2D eigenvalue weighted by Crippen LogP contribution is -2.46. The van der Waals surface area contributed by atoms with Gasteiger partial charge in [-0.05, 0) is 26.8 Å². The van der Waals surface area contributed by atoms with Gasteiger partial charge < -0.3 is 97.7 Å². The average Bonchev–Trinajstić information content (AvgIpc) is 4.38. The Morgan fingerprint density at radius 2 is 1.29 bits per heavy atom. The molecule has 0 bridgehead atoms. The SMILES string of the molecule is CO[C@H]1C(OP(=O)([O-])OC[C@H]2O[C@@H](n3cnc4c(=O)[nH]c(C)cc43)[C@@H](O)C2OC(C)C)[C@@H](COP(=O)([O-])OP(=O)([O-])OP(=O)([O-])OC[C@H]2O[C@@H]([n+]3cn(C)c4c(=O)[nH]c(N)nc43)C(O)[C@H]2O)O[C@H]1n1cnc2c(=O)[nH]c(N)nc21. The first kappa shape index (κ1) is 58.6. The van der Waals surface area contributed by atoms with E-state index in [0.29, 0.717) is 5.69 Å². The highest BCUT2D eigenvalue weighted by molar-refractivity contribution is 7.65. The number of hydrogen-bond donors (Lipinski definition) is 8. The minimum atomic E-state index is -6.61. The highest BCUT2D eigenvalue weighted by atomic mass is 31.3. The summed E-state index contributed by atoms with van der Waals surface area (Å²) in [6.45, 7) is 1.23. The van der Waals surface area contributed by atoms with Crippen LogP contribution in [-0.4, -0.2) is 152 Å². The third-order valence-electron chi connectivity index (χ3n) is 12.2. The number of nitrogens with one attached hydrogen (secondary N) is 3. The van der Waals surface area contributed by atoms with Crippen LogP contribution in [0.3, 0.4) is 0 Å². The van der Waals surface area contributed by atoms with E-state index in [1.807, 2.05) is 0 Å². The van der Waals surface area contributed by atoms with E-state index in [4.69, 9.17) is 48.7 Å². The monoisotopic (exact) mass is 1200 g/mol. The lowest BCUT2D eigenvalue weighted by molar-refractivity contribution is -0.745. The van der Waals surface area contributed by atoms with Crippen molar-refractivity contribution in [2.45, 2.75) is 100 Å². The number of hydrogen-bond acceptors (Lipinski definition) is 31. The summed E-state index contributed by atoms with van der Waals surface area (Å²) in [5.74, 6) is -0.749. The number of pyridine rings is 1. The summed E-state index contributed by atoms with van der Waals surface area (Å²) in [6, 6.07) is 1.56. The Labute approximate surface area is 440 Å². The van der Waals surface area contributed by atoms with Gasteiger partial charge >= 0.3 is 5.65 Å². The van der Waals surface area contributed by atoms with Gasteiger partial charge in [0, 0.05) is 12.8 Å². The zero-order chi connectivity index (χ0) is 57.4. The third kappa shape index (κ3) is 12.1. The van der Waals surface area contributed by atoms with Crippen molar-refractivity contribution >= 4 is 76.5 Å². The van der Waals surface area contributed by atoms with Crippen molar-refractivity contribution in [3.63, 3.8) is 0 Å². The van der Waals surface area contributed by atoms with Crippen LogP contribution in [-0.2, 0) is 75.7 Å². The fourth-order valence-electron chi connectivity index (χ4n) is 9.04. The second-order valence-corrected chi connectivity index (χ2v) is 24.0. The van der Waals surface area contributed by atoms with Gasteiger partial charge in [0.15, 0.2) is 35.5 Å². The predicted molar refractivity (Wildman–Crippen MR) is 249 cm³/mol. The fraction of sp³-hybridized carbons (Fsp3) is 0.568. The number of nitrogens with two attached hydrogens (primary N) is 2. The first-order valence-electron chi connectivity index (χ1n) is 23.0. The first-order chi connectivity index (χ1) is 37.0. The maximum atomic E-state index is 13.8.